The second-order valence-corrected chi connectivity index (χ2v) is 2.77. The van der Waals surface area contributed by atoms with E-state index in [1.807, 2.05) is 7.05 Å². The van der Waals surface area contributed by atoms with E-state index in [1.54, 1.807) is 0 Å². The lowest BCUT2D eigenvalue weighted by molar-refractivity contribution is -0.121. The molecule has 0 radical (unpaired) electrons. The van der Waals surface area contributed by atoms with Crippen molar-refractivity contribution < 1.29 is 9.59 Å². The molecule has 0 spiro atoms. The highest BCUT2D eigenvalue weighted by atomic mass is 16.2. The zero-order chi connectivity index (χ0) is 10.1. The molecule has 0 aliphatic rings. The van der Waals surface area contributed by atoms with E-state index in [1.165, 1.54) is 0 Å². The van der Waals surface area contributed by atoms with Gasteiger partial charge in [0.05, 0.1) is 0 Å². The fourth-order valence-electron chi connectivity index (χ4n) is 0.839. The Hall–Kier alpha value is -1.10. The Morgan fingerprint density at radius 2 is 1.92 bits per heavy atom. The van der Waals surface area contributed by atoms with Gasteiger partial charge in [-0.25, -0.2) is 0 Å². The van der Waals surface area contributed by atoms with E-state index >= 15 is 0 Å². The van der Waals surface area contributed by atoms with Crippen molar-refractivity contribution in [1.82, 2.24) is 10.6 Å². The van der Waals surface area contributed by atoms with E-state index in [4.69, 9.17) is 5.73 Å². The minimum Gasteiger partial charge on any atom is -0.370 e. The van der Waals surface area contributed by atoms with Crippen LogP contribution < -0.4 is 16.4 Å². The molecule has 0 heterocycles. The number of primary amides is 1. The first kappa shape index (κ1) is 11.9. The highest BCUT2D eigenvalue weighted by Gasteiger charge is 2.00. The predicted molar refractivity (Wildman–Crippen MR) is 50.0 cm³/mol. The number of nitrogens with two attached hydrogens (primary N) is 1. The fourth-order valence-corrected chi connectivity index (χ4v) is 0.839. The Morgan fingerprint density at radius 1 is 1.23 bits per heavy atom. The van der Waals surface area contributed by atoms with Gasteiger partial charge in [0.25, 0.3) is 0 Å². The summed E-state index contributed by atoms with van der Waals surface area (Å²) in [6.45, 7) is 1.16. The molecule has 0 aromatic rings. The maximum absolute atomic E-state index is 11.0. The molecular weight excluding hydrogens is 170 g/mol. The number of rotatable bonds is 7. The molecule has 0 aromatic heterocycles. The van der Waals surface area contributed by atoms with Gasteiger partial charge >= 0.3 is 0 Å². The van der Waals surface area contributed by atoms with E-state index in [-0.39, 0.29) is 12.3 Å². The van der Waals surface area contributed by atoms with Gasteiger partial charge in [-0.3, -0.25) is 9.59 Å². The summed E-state index contributed by atoms with van der Waals surface area (Å²) in [6, 6.07) is 0. The largest absolute Gasteiger partial charge is 0.370 e. The van der Waals surface area contributed by atoms with Crippen LogP contribution in [0.1, 0.15) is 19.3 Å². The second kappa shape index (κ2) is 7.54. The molecule has 0 bridgehead atoms. The standard InChI is InChI=1S/C8H17N3O2/c1-10-5-2-3-8(13)11-6-4-7(9)12/h10H,2-6H2,1H3,(H2,9,12)(H,11,13). The smallest absolute Gasteiger partial charge is 0.220 e. The van der Waals surface area contributed by atoms with Crippen molar-refractivity contribution >= 4 is 11.8 Å². The molecule has 0 fully saturated rings. The summed E-state index contributed by atoms with van der Waals surface area (Å²) in [5.74, 6) is -0.424. The molecule has 0 aliphatic heterocycles. The van der Waals surface area contributed by atoms with Crippen molar-refractivity contribution in [3.05, 3.63) is 0 Å². The van der Waals surface area contributed by atoms with Gasteiger partial charge in [0, 0.05) is 19.4 Å². The molecule has 0 aromatic carbocycles. The average Bonchev–Trinajstić information content (AvgIpc) is 2.04. The third kappa shape index (κ3) is 8.81. The van der Waals surface area contributed by atoms with Crippen molar-refractivity contribution in [2.24, 2.45) is 5.73 Å². The van der Waals surface area contributed by atoms with Gasteiger partial charge in [-0.1, -0.05) is 0 Å². The first-order chi connectivity index (χ1) is 6.16. The maximum Gasteiger partial charge on any atom is 0.220 e. The highest BCUT2D eigenvalue weighted by Crippen LogP contribution is 1.86. The monoisotopic (exact) mass is 187 g/mol. The molecule has 0 aliphatic carbocycles. The zero-order valence-electron chi connectivity index (χ0n) is 7.93. The third-order valence-corrected chi connectivity index (χ3v) is 1.52. The molecule has 13 heavy (non-hydrogen) atoms. The number of nitrogens with one attached hydrogen (secondary N) is 2. The van der Waals surface area contributed by atoms with E-state index in [0.717, 1.165) is 13.0 Å². The van der Waals surface area contributed by atoms with Crippen LogP contribution in [0.2, 0.25) is 0 Å². The van der Waals surface area contributed by atoms with Gasteiger partial charge in [-0.2, -0.15) is 0 Å². The van der Waals surface area contributed by atoms with Gasteiger partial charge in [0.2, 0.25) is 11.8 Å². The minimum absolute atomic E-state index is 0.0310. The number of hydrogen-bond acceptors (Lipinski definition) is 3. The van der Waals surface area contributed by atoms with Crippen LogP contribution in [0.15, 0.2) is 0 Å². The lowest BCUT2D eigenvalue weighted by atomic mass is 10.3. The van der Waals surface area contributed by atoms with Crippen molar-refractivity contribution in [2.75, 3.05) is 20.1 Å². The van der Waals surface area contributed by atoms with E-state index in [2.05, 4.69) is 10.6 Å². The number of amides is 2. The molecular formula is C8H17N3O2. The zero-order valence-corrected chi connectivity index (χ0v) is 7.93. The first-order valence-corrected chi connectivity index (χ1v) is 4.36. The molecule has 0 rings (SSSR count). The maximum atomic E-state index is 11.0. The predicted octanol–water partition coefficient (Wildman–Crippen LogP) is -1.02. The summed E-state index contributed by atoms with van der Waals surface area (Å²) < 4.78 is 0. The van der Waals surface area contributed by atoms with Crippen LogP contribution in [-0.2, 0) is 9.59 Å². The van der Waals surface area contributed by atoms with Crippen LogP contribution in [0.5, 0.6) is 0 Å². The summed E-state index contributed by atoms with van der Waals surface area (Å²) in [4.78, 5) is 21.3. The van der Waals surface area contributed by atoms with Crippen molar-refractivity contribution in [3.63, 3.8) is 0 Å². The summed E-state index contributed by atoms with van der Waals surface area (Å²) in [5.41, 5.74) is 4.90. The van der Waals surface area contributed by atoms with Gasteiger partial charge in [0.1, 0.15) is 0 Å². The lowest BCUT2D eigenvalue weighted by Crippen LogP contribution is -2.28. The van der Waals surface area contributed by atoms with Gasteiger partial charge in [0.15, 0.2) is 0 Å². The molecule has 2 amide bonds. The minimum atomic E-state index is -0.393. The number of carbonyl (C=O) groups excluding carboxylic acids is 2. The Morgan fingerprint density at radius 3 is 2.46 bits per heavy atom. The highest BCUT2D eigenvalue weighted by molar-refractivity contribution is 5.77. The molecule has 0 saturated heterocycles. The number of carbonyl (C=O) groups is 2. The Labute approximate surface area is 78.1 Å². The van der Waals surface area contributed by atoms with Crippen molar-refractivity contribution in [2.45, 2.75) is 19.3 Å². The Balaban J connectivity index is 3.25. The molecule has 4 N–H and O–H groups in total. The van der Waals surface area contributed by atoms with Crippen LogP contribution in [0.3, 0.4) is 0 Å². The Bertz CT molecular complexity index is 171. The second-order valence-electron chi connectivity index (χ2n) is 2.77. The van der Waals surface area contributed by atoms with Crippen molar-refractivity contribution in [3.8, 4) is 0 Å². The van der Waals surface area contributed by atoms with Crippen LogP contribution in [0, 0.1) is 0 Å². The normalized spacial score (nSPS) is 9.62. The summed E-state index contributed by atoms with van der Waals surface area (Å²) in [6.07, 6.45) is 1.50. The molecule has 5 nitrogen and oxygen atoms in total. The summed E-state index contributed by atoms with van der Waals surface area (Å²) in [5, 5.41) is 5.55. The first-order valence-electron chi connectivity index (χ1n) is 4.36. The summed E-state index contributed by atoms with van der Waals surface area (Å²) >= 11 is 0. The van der Waals surface area contributed by atoms with Crippen LogP contribution in [0.4, 0.5) is 0 Å². The van der Waals surface area contributed by atoms with Crippen LogP contribution in [0.25, 0.3) is 0 Å². The van der Waals surface area contributed by atoms with Gasteiger partial charge in [-0.15, -0.1) is 0 Å². The van der Waals surface area contributed by atoms with E-state index in [0.29, 0.717) is 13.0 Å². The average molecular weight is 187 g/mol. The molecule has 76 valence electrons. The SMILES string of the molecule is CNCCCC(=O)NCCC(N)=O. The molecule has 0 unspecified atom stereocenters. The topological polar surface area (TPSA) is 84.2 Å². The lowest BCUT2D eigenvalue weighted by Gasteiger charge is -2.02. The van der Waals surface area contributed by atoms with E-state index in [9.17, 15) is 9.59 Å². The van der Waals surface area contributed by atoms with E-state index < -0.39 is 5.91 Å². The molecule has 0 atom stereocenters. The molecule has 0 saturated carbocycles. The fraction of sp³-hybridized carbons (Fsp3) is 0.750. The molecule has 5 heteroatoms. The van der Waals surface area contributed by atoms with Crippen molar-refractivity contribution in [1.29, 1.82) is 0 Å². The quantitative estimate of drug-likeness (QED) is 0.446. The Kier molecular flexibility index (Phi) is 6.91. The third-order valence-electron chi connectivity index (χ3n) is 1.52. The van der Waals surface area contributed by atoms with Crippen LogP contribution >= 0.6 is 0 Å². The van der Waals surface area contributed by atoms with Gasteiger partial charge in [-0.05, 0) is 20.0 Å². The number of hydrogen-bond donors (Lipinski definition) is 3. The van der Waals surface area contributed by atoms with Crippen LogP contribution in [-0.4, -0.2) is 32.0 Å². The van der Waals surface area contributed by atoms with Gasteiger partial charge < -0.3 is 16.4 Å². The summed E-state index contributed by atoms with van der Waals surface area (Å²) in [7, 11) is 1.84.